The standard InChI is InChI=1S/C33H37N7O3S/c1-39(2)29-14-13-28-32(38-29)44-30(37-28)22-27-21-26(20-24-6-4-3-5-7-24)35-33(36-27)34-25-11-8-23(9-12-25)10-15-31(43)40(16-18-41)17-19-42/h3-9,11-14,21,41-42H,10,15-20,22H2,1-2H3,(H,34,35,36). The van der Waals surface area contributed by atoms with Crippen LogP contribution in [0.25, 0.3) is 10.3 Å². The summed E-state index contributed by atoms with van der Waals surface area (Å²) in [4.78, 5) is 36.1. The topological polar surface area (TPSA) is 128 Å². The number of aliphatic hydroxyl groups is 2. The first-order valence-electron chi connectivity index (χ1n) is 14.6. The van der Waals surface area contributed by atoms with Gasteiger partial charge in [0.1, 0.15) is 21.2 Å². The number of hydrogen-bond donors (Lipinski definition) is 3. The average Bonchev–Trinajstić information content (AvgIpc) is 3.42. The lowest BCUT2D eigenvalue weighted by Crippen LogP contribution is -2.35. The molecule has 3 heterocycles. The van der Waals surface area contributed by atoms with Gasteiger partial charge in [-0.1, -0.05) is 53.8 Å². The predicted molar refractivity (Wildman–Crippen MR) is 175 cm³/mol. The maximum absolute atomic E-state index is 12.5. The molecule has 44 heavy (non-hydrogen) atoms. The smallest absolute Gasteiger partial charge is 0.227 e. The molecular formula is C33H37N7O3S. The number of carbonyl (C=O) groups is 1. The van der Waals surface area contributed by atoms with Crippen molar-refractivity contribution in [1.82, 2.24) is 24.8 Å². The molecule has 5 rings (SSSR count). The fraction of sp³-hybridized carbons (Fsp3) is 0.303. The van der Waals surface area contributed by atoms with Crippen molar-refractivity contribution in [3.8, 4) is 0 Å². The van der Waals surface area contributed by atoms with Gasteiger partial charge in [0.15, 0.2) is 0 Å². The highest BCUT2D eigenvalue weighted by Gasteiger charge is 2.14. The van der Waals surface area contributed by atoms with Gasteiger partial charge in [-0.2, -0.15) is 0 Å². The number of hydrogen-bond acceptors (Lipinski definition) is 10. The number of rotatable bonds is 14. The van der Waals surface area contributed by atoms with Crippen molar-refractivity contribution in [1.29, 1.82) is 0 Å². The number of pyridine rings is 1. The van der Waals surface area contributed by atoms with Crippen molar-refractivity contribution in [3.63, 3.8) is 0 Å². The van der Waals surface area contributed by atoms with Crippen molar-refractivity contribution in [2.45, 2.75) is 25.7 Å². The van der Waals surface area contributed by atoms with Crippen molar-refractivity contribution < 1.29 is 15.0 Å². The summed E-state index contributed by atoms with van der Waals surface area (Å²) >= 11 is 1.58. The summed E-state index contributed by atoms with van der Waals surface area (Å²) in [5, 5.41) is 22.7. The van der Waals surface area contributed by atoms with Gasteiger partial charge in [-0.3, -0.25) is 4.79 Å². The maximum Gasteiger partial charge on any atom is 0.227 e. The lowest BCUT2D eigenvalue weighted by Gasteiger charge is -2.20. The molecule has 0 fully saturated rings. The molecule has 3 aromatic heterocycles. The SMILES string of the molecule is CN(C)c1ccc2nc(Cc3cc(Cc4ccccc4)nc(Nc4ccc(CCC(=O)N(CCO)CCO)cc4)n3)sc2n1. The summed E-state index contributed by atoms with van der Waals surface area (Å²) in [5.41, 5.74) is 5.67. The lowest BCUT2D eigenvalue weighted by molar-refractivity contribution is -0.132. The van der Waals surface area contributed by atoms with Crippen LogP contribution in [0.1, 0.15) is 33.9 Å². The molecule has 5 aromatic rings. The highest BCUT2D eigenvalue weighted by atomic mass is 32.1. The summed E-state index contributed by atoms with van der Waals surface area (Å²) in [7, 11) is 3.95. The molecule has 228 valence electrons. The van der Waals surface area contributed by atoms with E-state index < -0.39 is 0 Å². The number of anilines is 3. The Hall–Kier alpha value is -4.45. The number of nitrogens with zero attached hydrogens (tertiary/aromatic N) is 6. The summed E-state index contributed by atoms with van der Waals surface area (Å²) < 4.78 is 0. The summed E-state index contributed by atoms with van der Waals surface area (Å²) in [6, 6.07) is 24.1. The second kappa shape index (κ2) is 14.8. The first-order chi connectivity index (χ1) is 21.4. The van der Waals surface area contributed by atoms with Crippen LogP contribution in [0.2, 0.25) is 0 Å². The fourth-order valence-electron chi connectivity index (χ4n) is 4.82. The number of nitrogens with one attached hydrogen (secondary N) is 1. The molecule has 0 atom stereocenters. The summed E-state index contributed by atoms with van der Waals surface area (Å²) in [6.45, 7) is 0.192. The van der Waals surface area contributed by atoms with Gasteiger partial charge in [-0.15, -0.1) is 0 Å². The number of aryl methyl sites for hydroxylation is 1. The van der Waals surface area contributed by atoms with E-state index in [9.17, 15) is 15.0 Å². The molecular weight excluding hydrogens is 574 g/mol. The molecule has 3 N–H and O–H groups in total. The Balaban J connectivity index is 1.32. The predicted octanol–water partition coefficient (Wildman–Crippen LogP) is 4.22. The van der Waals surface area contributed by atoms with Crippen LogP contribution in [-0.2, 0) is 24.1 Å². The van der Waals surface area contributed by atoms with E-state index in [2.05, 4.69) is 17.4 Å². The van der Waals surface area contributed by atoms with Crippen molar-refractivity contribution in [3.05, 3.63) is 100 Å². The molecule has 0 aliphatic heterocycles. The van der Waals surface area contributed by atoms with Crippen LogP contribution >= 0.6 is 11.3 Å². The van der Waals surface area contributed by atoms with Gasteiger partial charge < -0.3 is 25.3 Å². The normalized spacial score (nSPS) is 11.1. The first-order valence-corrected chi connectivity index (χ1v) is 15.4. The largest absolute Gasteiger partial charge is 0.395 e. The molecule has 0 saturated carbocycles. The molecule has 0 saturated heterocycles. The fourth-order valence-corrected chi connectivity index (χ4v) is 5.77. The molecule has 0 spiro atoms. The van der Waals surface area contributed by atoms with Gasteiger partial charge in [0.05, 0.1) is 24.6 Å². The van der Waals surface area contributed by atoms with E-state index in [1.54, 1.807) is 11.3 Å². The number of aliphatic hydroxyl groups excluding tert-OH is 2. The molecule has 1 amide bonds. The Kier molecular flexibility index (Phi) is 10.4. The maximum atomic E-state index is 12.5. The van der Waals surface area contributed by atoms with Crippen LogP contribution in [-0.4, -0.2) is 81.4 Å². The van der Waals surface area contributed by atoms with Crippen LogP contribution in [0.15, 0.2) is 72.8 Å². The van der Waals surface area contributed by atoms with Gasteiger partial charge in [-0.05, 0) is 47.9 Å². The zero-order valence-electron chi connectivity index (χ0n) is 25.0. The molecule has 0 aliphatic carbocycles. The van der Waals surface area contributed by atoms with Crippen LogP contribution in [0.5, 0.6) is 0 Å². The van der Waals surface area contributed by atoms with Crippen molar-refractivity contribution >= 4 is 45.0 Å². The zero-order valence-corrected chi connectivity index (χ0v) is 25.8. The molecule has 0 bridgehead atoms. The number of amides is 1. The molecule has 0 unspecified atom stereocenters. The van der Waals surface area contributed by atoms with E-state index in [1.807, 2.05) is 79.7 Å². The van der Waals surface area contributed by atoms with Gasteiger partial charge in [0.25, 0.3) is 0 Å². The van der Waals surface area contributed by atoms with Crippen LogP contribution < -0.4 is 10.2 Å². The molecule has 2 aromatic carbocycles. The molecule has 0 aliphatic rings. The van der Waals surface area contributed by atoms with Gasteiger partial charge >= 0.3 is 0 Å². The minimum atomic E-state index is -0.127. The zero-order chi connectivity index (χ0) is 30.9. The Labute approximate surface area is 261 Å². The second-order valence-electron chi connectivity index (χ2n) is 10.7. The average molecular weight is 612 g/mol. The Morgan fingerprint density at radius 1 is 0.818 bits per heavy atom. The first kappa shape index (κ1) is 31.0. The van der Waals surface area contributed by atoms with Gasteiger partial charge in [0, 0.05) is 52.1 Å². The third kappa shape index (κ3) is 8.34. The molecule has 0 radical (unpaired) electrons. The second-order valence-corrected chi connectivity index (χ2v) is 11.7. The highest BCUT2D eigenvalue weighted by Crippen LogP contribution is 2.25. The third-order valence-electron chi connectivity index (χ3n) is 7.07. The number of fused-ring (bicyclic) bond motifs is 1. The minimum Gasteiger partial charge on any atom is -0.395 e. The quantitative estimate of drug-likeness (QED) is 0.169. The van der Waals surface area contributed by atoms with E-state index in [4.69, 9.17) is 19.9 Å². The third-order valence-corrected chi connectivity index (χ3v) is 8.03. The molecule has 10 nitrogen and oxygen atoms in total. The van der Waals surface area contributed by atoms with E-state index in [-0.39, 0.29) is 32.2 Å². The number of carbonyl (C=O) groups excluding carboxylic acids is 1. The Bertz CT molecular complexity index is 1670. The van der Waals surface area contributed by atoms with E-state index in [0.717, 1.165) is 43.8 Å². The van der Waals surface area contributed by atoms with Crippen LogP contribution in [0.3, 0.4) is 0 Å². The summed E-state index contributed by atoms with van der Waals surface area (Å²) in [5.74, 6) is 1.32. The van der Waals surface area contributed by atoms with Crippen LogP contribution in [0.4, 0.5) is 17.5 Å². The molecule has 11 heteroatoms. The van der Waals surface area contributed by atoms with Crippen molar-refractivity contribution in [2.75, 3.05) is 50.6 Å². The lowest BCUT2D eigenvalue weighted by atomic mass is 10.1. The van der Waals surface area contributed by atoms with Gasteiger partial charge in [0.2, 0.25) is 11.9 Å². The van der Waals surface area contributed by atoms with E-state index in [1.165, 1.54) is 10.5 Å². The highest BCUT2D eigenvalue weighted by molar-refractivity contribution is 7.18. The number of benzene rings is 2. The number of aromatic nitrogens is 4. The van der Waals surface area contributed by atoms with Crippen molar-refractivity contribution in [2.24, 2.45) is 0 Å². The monoisotopic (exact) mass is 611 g/mol. The van der Waals surface area contributed by atoms with Crippen LogP contribution in [0, 0.1) is 0 Å². The van der Waals surface area contributed by atoms with Gasteiger partial charge in [-0.25, -0.2) is 19.9 Å². The number of thiazole rings is 1. The Morgan fingerprint density at radius 2 is 1.52 bits per heavy atom. The van der Waals surface area contributed by atoms with E-state index in [0.29, 0.717) is 31.6 Å². The minimum absolute atomic E-state index is 0.0893. The van der Waals surface area contributed by atoms with E-state index >= 15 is 0 Å². The summed E-state index contributed by atoms with van der Waals surface area (Å²) in [6.07, 6.45) is 2.11. The Morgan fingerprint density at radius 3 is 2.20 bits per heavy atom.